The molecule has 3 N–H and O–H groups in total. The van der Waals surface area contributed by atoms with E-state index in [1.165, 1.54) is 25.1 Å². The van der Waals surface area contributed by atoms with Gasteiger partial charge in [-0.05, 0) is 6.42 Å². The highest BCUT2D eigenvalue weighted by Crippen LogP contribution is 2.09. The van der Waals surface area contributed by atoms with Gasteiger partial charge in [-0.1, -0.05) is 32.6 Å². The number of nitrogens with zero attached hydrogens (tertiary/aromatic N) is 2. The summed E-state index contributed by atoms with van der Waals surface area (Å²) >= 11 is 0. The van der Waals surface area contributed by atoms with Crippen LogP contribution in [0.3, 0.4) is 0 Å². The van der Waals surface area contributed by atoms with E-state index in [0.29, 0.717) is 6.42 Å². The number of aromatic nitrogens is 2. The molecule has 0 saturated carbocycles. The van der Waals surface area contributed by atoms with Gasteiger partial charge < -0.3 is 10.5 Å². The zero-order chi connectivity index (χ0) is 13.4. The van der Waals surface area contributed by atoms with E-state index >= 15 is 0 Å². The standard InChI is InChI=1S/C12H20N4O2/c1-2-3-4-5-6-7-11(17)18-10-8-9-16(15-10)12(13)14/h8-9H,2-7H2,1H3,(H3,13,14). The number of nitrogen functional groups attached to an aromatic ring is 1. The summed E-state index contributed by atoms with van der Waals surface area (Å²) in [7, 11) is 0. The SMILES string of the molecule is CCCCCCCC(=O)Oc1ccn(C(=N)N)n1. The van der Waals surface area contributed by atoms with Gasteiger partial charge in [0.1, 0.15) is 0 Å². The van der Waals surface area contributed by atoms with Crippen molar-refractivity contribution in [3.63, 3.8) is 0 Å². The summed E-state index contributed by atoms with van der Waals surface area (Å²) in [5.41, 5.74) is 5.23. The number of unbranched alkanes of at least 4 members (excludes halogenated alkanes) is 4. The van der Waals surface area contributed by atoms with E-state index in [1.54, 1.807) is 0 Å². The number of rotatable bonds is 7. The maximum atomic E-state index is 11.5. The molecule has 0 amide bonds. The molecule has 0 atom stereocenters. The maximum absolute atomic E-state index is 11.5. The van der Waals surface area contributed by atoms with Crippen LogP contribution in [0.15, 0.2) is 12.3 Å². The summed E-state index contributed by atoms with van der Waals surface area (Å²) in [6, 6.07) is 1.51. The molecule has 6 heteroatoms. The molecule has 1 rings (SSSR count). The summed E-state index contributed by atoms with van der Waals surface area (Å²) in [5, 5.41) is 11.0. The predicted octanol–water partition coefficient (Wildman–Crippen LogP) is 1.89. The molecule has 1 aromatic heterocycles. The lowest BCUT2D eigenvalue weighted by Crippen LogP contribution is -2.21. The molecule has 0 aliphatic carbocycles. The van der Waals surface area contributed by atoms with Gasteiger partial charge in [0.2, 0.25) is 11.8 Å². The minimum Gasteiger partial charge on any atom is -0.406 e. The van der Waals surface area contributed by atoms with Crippen LogP contribution in [-0.2, 0) is 4.79 Å². The number of hydrogen-bond acceptors (Lipinski definition) is 4. The molecule has 0 radical (unpaired) electrons. The fourth-order valence-electron chi connectivity index (χ4n) is 1.54. The normalized spacial score (nSPS) is 10.3. The van der Waals surface area contributed by atoms with E-state index in [1.807, 2.05) is 0 Å². The van der Waals surface area contributed by atoms with E-state index in [4.69, 9.17) is 15.9 Å². The van der Waals surface area contributed by atoms with E-state index < -0.39 is 0 Å². The average molecular weight is 252 g/mol. The summed E-state index contributed by atoms with van der Waals surface area (Å²) in [4.78, 5) is 11.5. The van der Waals surface area contributed by atoms with Gasteiger partial charge in [0.25, 0.3) is 0 Å². The summed E-state index contributed by atoms with van der Waals surface area (Å²) in [6.45, 7) is 2.15. The van der Waals surface area contributed by atoms with Crippen LogP contribution in [0, 0.1) is 5.41 Å². The highest BCUT2D eigenvalue weighted by molar-refractivity contribution is 5.76. The van der Waals surface area contributed by atoms with Crippen molar-refractivity contribution in [2.24, 2.45) is 5.73 Å². The van der Waals surface area contributed by atoms with Crippen molar-refractivity contribution in [3.8, 4) is 5.88 Å². The van der Waals surface area contributed by atoms with Crippen molar-refractivity contribution in [1.82, 2.24) is 9.78 Å². The summed E-state index contributed by atoms with van der Waals surface area (Å²) < 4.78 is 6.17. The van der Waals surface area contributed by atoms with Crippen LogP contribution in [0.5, 0.6) is 5.88 Å². The molecule has 0 fully saturated rings. The van der Waals surface area contributed by atoms with Gasteiger partial charge in [-0.2, -0.15) is 0 Å². The highest BCUT2D eigenvalue weighted by atomic mass is 16.5. The van der Waals surface area contributed by atoms with E-state index in [-0.39, 0.29) is 17.8 Å². The molecule has 0 aliphatic heterocycles. The quantitative estimate of drug-likeness (QED) is 0.335. The first-order chi connectivity index (χ1) is 8.63. The third-order valence-electron chi connectivity index (χ3n) is 2.51. The van der Waals surface area contributed by atoms with E-state index in [2.05, 4.69) is 12.0 Å². The van der Waals surface area contributed by atoms with Crippen molar-refractivity contribution in [2.75, 3.05) is 0 Å². The molecule has 6 nitrogen and oxygen atoms in total. The van der Waals surface area contributed by atoms with Gasteiger partial charge in [0.05, 0.1) is 0 Å². The molecule has 18 heavy (non-hydrogen) atoms. The Kier molecular flexibility index (Phi) is 5.90. The van der Waals surface area contributed by atoms with Crippen LogP contribution < -0.4 is 10.5 Å². The lowest BCUT2D eigenvalue weighted by Gasteiger charge is -2.01. The van der Waals surface area contributed by atoms with Crippen molar-refractivity contribution in [3.05, 3.63) is 12.3 Å². The fraction of sp³-hybridized carbons (Fsp3) is 0.583. The highest BCUT2D eigenvalue weighted by Gasteiger charge is 2.07. The van der Waals surface area contributed by atoms with Gasteiger partial charge in [0, 0.05) is 18.7 Å². The summed E-state index contributed by atoms with van der Waals surface area (Å²) in [5.74, 6) is -0.319. The molecular formula is C12H20N4O2. The monoisotopic (exact) mass is 252 g/mol. The minimum absolute atomic E-state index is 0.184. The number of nitrogens with one attached hydrogen (secondary N) is 1. The molecule has 1 heterocycles. The topological polar surface area (TPSA) is 94.0 Å². The number of carbonyl (C=O) groups excluding carboxylic acids is 1. The first-order valence-electron chi connectivity index (χ1n) is 6.24. The van der Waals surface area contributed by atoms with Crippen molar-refractivity contribution < 1.29 is 9.53 Å². The smallest absolute Gasteiger partial charge is 0.312 e. The van der Waals surface area contributed by atoms with Crippen LogP contribution in [0.2, 0.25) is 0 Å². The van der Waals surface area contributed by atoms with Gasteiger partial charge in [-0.25, -0.2) is 4.68 Å². The molecular weight excluding hydrogens is 232 g/mol. The Morgan fingerprint density at radius 1 is 1.44 bits per heavy atom. The largest absolute Gasteiger partial charge is 0.406 e. The second kappa shape index (κ2) is 7.47. The van der Waals surface area contributed by atoms with Gasteiger partial charge in [-0.15, -0.1) is 5.10 Å². The van der Waals surface area contributed by atoms with Crippen LogP contribution in [0.25, 0.3) is 0 Å². The Labute approximate surface area is 107 Å². The Balaban J connectivity index is 2.24. The predicted molar refractivity (Wildman–Crippen MR) is 68.6 cm³/mol. The lowest BCUT2D eigenvalue weighted by molar-refractivity contribution is -0.134. The van der Waals surface area contributed by atoms with Crippen LogP contribution in [0.1, 0.15) is 45.4 Å². The third kappa shape index (κ3) is 4.99. The lowest BCUT2D eigenvalue weighted by atomic mass is 10.1. The number of esters is 1. The first-order valence-corrected chi connectivity index (χ1v) is 6.24. The third-order valence-corrected chi connectivity index (χ3v) is 2.51. The Hall–Kier alpha value is -1.85. The second-order valence-corrected chi connectivity index (χ2v) is 4.12. The first kappa shape index (κ1) is 14.2. The molecule has 0 unspecified atom stereocenters. The molecule has 0 saturated heterocycles. The van der Waals surface area contributed by atoms with Crippen molar-refractivity contribution >= 4 is 11.9 Å². The van der Waals surface area contributed by atoms with Gasteiger partial charge in [-0.3, -0.25) is 10.2 Å². The number of nitrogens with two attached hydrogens (primary N) is 1. The second-order valence-electron chi connectivity index (χ2n) is 4.12. The van der Waals surface area contributed by atoms with Crippen molar-refractivity contribution in [2.45, 2.75) is 45.4 Å². The Bertz CT molecular complexity index is 401. The van der Waals surface area contributed by atoms with E-state index in [0.717, 1.165) is 23.9 Å². The van der Waals surface area contributed by atoms with Crippen molar-refractivity contribution in [1.29, 1.82) is 5.41 Å². The Morgan fingerprint density at radius 2 is 2.17 bits per heavy atom. The maximum Gasteiger partial charge on any atom is 0.312 e. The molecule has 1 aromatic rings. The summed E-state index contributed by atoms with van der Waals surface area (Å²) in [6.07, 6.45) is 7.31. The van der Waals surface area contributed by atoms with Crippen LogP contribution in [0.4, 0.5) is 0 Å². The van der Waals surface area contributed by atoms with E-state index in [9.17, 15) is 4.79 Å². The number of ether oxygens (including phenoxy) is 1. The molecule has 100 valence electrons. The van der Waals surface area contributed by atoms with Crippen LogP contribution >= 0.6 is 0 Å². The zero-order valence-electron chi connectivity index (χ0n) is 10.7. The molecule has 0 bridgehead atoms. The molecule has 0 aliphatic rings. The fourth-order valence-corrected chi connectivity index (χ4v) is 1.54. The number of hydrogen-bond donors (Lipinski definition) is 2. The van der Waals surface area contributed by atoms with Crippen LogP contribution in [-0.4, -0.2) is 21.7 Å². The molecule has 0 aromatic carbocycles. The molecule has 0 spiro atoms. The Morgan fingerprint density at radius 3 is 2.78 bits per heavy atom. The zero-order valence-corrected chi connectivity index (χ0v) is 10.7. The van der Waals surface area contributed by atoms with Gasteiger partial charge in [0.15, 0.2) is 0 Å². The average Bonchev–Trinajstić information content (AvgIpc) is 2.77. The minimum atomic E-state index is -0.291. The number of carbonyl (C=O) groups is 1. The van der Waals surface area contributed by atoms with Gasteiger partial charge >= 0.3 is 5.97 Å².